The van der Waals surface area contributed by atoms with Crippen LogP contribution in [0.5, 0.6) is 0 Å². The SMILES string of the molecule is CCC(NC(=O)C(C)C(=O)NCc1cc(F)cc(F)c1)C(=O)N1CCc2ccccc2C1. The lowest BCUT2D eigenvalue weighted by atomic mass is 9.99. The van der Waals surface area contributed by atoms with Crippen LogP contribution in [0, 0.1) is 17.6 Å². The largest absolute Gasteiger partial charge is 0.351 e. The second-order valence-electron chi connectivity index (χ2n) is 7.97. The summed E-state index contributed by atoms with van der Waals surface area (Å²) in [5, 5.41) is 5.17. The summed E-state index contributed by atoms with van der Waals surface area (Å²) in [5.74, 6) is -3.92. The maximum absolute atomic E-state index is 13.3. The minimum Gasteiger partial charge on any atom is -0.351 e. The van der Waals surface area contributed by atoms with Crippen LogP contribution < -0.4 is 10.6 Å². The lowest BCUT2D eigenvalue weighted by molar-refractivity contribution is -0.140. The van der Waals surface area contributed by atoms with Crippen molar-refractivity contribution in [2.75, 3.05) is 6.54 Å². The highest BCUT2D eigenvalue weighted by Crippen LogP contribution is 2.19. The van der Waals surface area contributed by atoms with Crippen LogP contribution in [0.4, 0.5) is 8.78 Å². The Morgan fingerprint density at radius 3 is 2.34 bits per heavy atom. The van der Waals surface area contributed by atoms with Crippen LogP contribution in [0.1, 0.15) is 37.0 Å². The summed E-state index contributed by atoms with van der Waals surface area (Å²) < 4.78 is 26.6. The Morgan fingerprint density at radius 2 is 1.69 bits per heavy atom. The molecule has 0 saturated heterocycles. The molecule has 1 heterocycles. The summed E-state index contributed by atoms with van der Waals surface area (Å²) >= 11 is 0. The highest BCUT2D eigenvalue weighted by Gasteiger charge is 2.30. The van der Waals surface area contributed by atoms with Crippen molar-refractivity contribution in [2.24, 2.45) is 5.92 Å². The quantitative estimate of drug-likeness (QED) is 0.646. The fourth-order valence-corrected chi connectivity index (χ4v) is 3.71. The van der Waals surface area contributed by atoms with Crippen LogP contribution in [0.15, 0.2) is 42.5 Å². The number of carbonyl (C=O) groups excluding carboxylic acids is 3. The zero-order valence-corrected chi connectivity index (χ0v) is 18.2. The van der Waals surface area contributed by atoms with Crippen molar-refractivity contribution >= 4 is 17.7 Å². The number of rotatable bonds is 7. The Kier molecular flexibility index (Phi) is 7.56. The maximum atomic E-state index is 13.3. The zero-order chi connectivity index (χ0) is 23.3. The van der Waals surface area contributed by atoms with E-state index in [1.807, 2.05) is 18.2 Å². The minimum absolute atomic E-state index is 0.117. The number of fused-ring (bicyclic) bond motifs is 1. The standard InChI is InChI=1S/C24H27F2N3O3/c1-3-21(24(32)29-9-8-17-6-4-5-7-18(17)14-29)28-23(31)15(2)22(30)27-13-16-10-19(25)12-20(26)11-16/h4-7,10-12,15,21H,3,8-9,13-14H2,1-2H3,(H,27,30)(H,28,31). The van der Waals surface area contributed by atoms with E-state index in [-0.39, 0.29) is 18.0 Å². The second kappa shape index (κ2) is 10.3. The van der Waals surface area contributed by atoms with Gasteiger partial charge >= 0.3 is 0 Å². The molecule has 3 rings (SSSR count). The highest BCUT2D eigenvalue weighted by atomic mass is 19.1. The van der Waals surface area contributed by atoms with Crippen molar-refractivity contribution in [3.05, 3.63) is 70.8 Å². The third kappa shape index (κ3) is 5.69. The Hall–Kier alpha value is -3.29. The molecular formula is C24H27F2N3O3. The number of amides is 3. The maximum Gasteiger partial charge on any atom is 0.245 e. The van der Waals surface area contributed by atoms with Gasteiger partial charge < -0.3 is 15.5 Å². The normalized spacial score (nSPS) is 14.8. The lowest BCUT2D eigenvalue weighted by Crippen LogP contribution is -2.52. The van der Waals surface area contributed by atoms with E-state index in [4.69, 9.17) is 0 Å². The van der Waals surface area contributed by atoms with Gasteiger partial charge in [0.25, 0.3) is 0 Å². The van der Waals surface area contributed by atoms with Gasteiger partial charge in [-0.3, -0.25) is 14.4 Å². The summed E-state index contributed by atoms with van der Waals surface area (Å²) in [7, 11) is 0. The Balaban J connectivity index is 1.55. The smallest absolute Gasteiger partial charge is 0.245 e. The Labute approximate surface area is 186 Å². The first-order chi connectivity index (χ1) is 15.3. The molecule has 2 atom stereocenters. The molecule has 3 amide bonds. The van der Waals surface area contributed by atoms with E-state index >= 15 is 0 Å². The van der Waals surface area contributed by atoms with Gasteiger partial charge in [0.1, 0.15) is 23.6 Å². The monoisotopic (exact) mass is 443 g/mol. The van der Waals surface area contributed by atoms with E-state index in [0.717, 1.165) is 30.2 Å². The van der Waals surface area contributed by atoms with Crippen LogP contribution in [0.2, 0.25) is 0 Å². The van der Waals surface area contributed by atoms with Gasteiger partial charge in [-0.2, -0.15) is 0 Å². The fraction of sp³-hybridized carbons (Fsp3) is 0.375. The van der Waals surface area contributed by atoms with Gasteiger partial charge in [0.05, 0.1) is 0 Å². The summed E-state index contributed by atoms with van der Waals surface area (Å²) in [5.41, 5.74) is 2.56. The molecule has 1 aliphatic rings. The molecular weight excluding hydrogens is 416 g/mol. The van der Waals surface area contributed by atoms with Crippen molar-refractivity contribution in [2.45, 2.75) is 45.8 Å². The first kappa shape index (κ1) is 23.4. The van der Waals surface area contributed by atoms with E-state index in [9.17, 15) is 23.2 Å². The molecule has 32 heavy (non-hydrogen) atoms. The highest BCUT2D eigenvalue weighted by molar-refractivity contribution is 6.01. The molecule has 1 aliphatic heterocycles. The van der Waals surface area contributed by atoms with Gasteiger partial charge in [0, 0.05) is 25.7 Å². The molecule has 2 aromatic rings. The van der Waals surface area contributed by atoms with Crippen molar-refractivity contribution in [3.8, 4) is 0 Å². The Bertz CT molecular complexity index is 991. The van der Waals surface area contributed by atoms with E-state index in [0.29, 0.717) is 19.5 Å². The summed E-state index contributed by atoms with van der Waals surface area (Å²) in [6.45, 7) is 4.16. The molecule has 0 aromatic heterocycles. The predicted octanol–water partition coefficient (Wildman–Crippen LogP) is 2.70. The average molecular weight is 443 g/mol. The first-order valence-electron chi connectivity index (χ1n) is 10.7. The number of benzene rings is 2. The van der Waals surface area contributed by atoms with Crippen LogP contribution in [0.25, 0.3) is 0 Å². The van der Waals surface area contributed by atoms with E-state index in [1.165, 1.54) is 12.5 Å². The molecule has 6 nitrogen and oxygen atoms in total. The molecule has 2 N–H and O–H groups in total. The van der Waals surface area contributed by atoms with Gasteiger partial charge in [-0.1, -0.05) is 31.2 Å². The van der Waals surface area contributed by atoms with E-state index in [2.05, 4.69) is 16.7 Å². The van der Waals surface area contributed by atoms with Gasteiger partial charge in [-0.15, -0.1) is 0 Å². The number of halogens is 2. The number of hydrogen-bond donors (Lipinski definition) is 2. The minimum atomic E-state index is -1.07. The molecule has 2 unspecified atom stereocenters. The number of nitrogens with zero attached hydrogens (tertiary/aromatic N) is 1. The predicted molar refractivity (Wildman–Crippen MR) is 115 cm³/mol. The third-order valence-corrected chi connectivity index (χ3v) is 5.64. The van der Waals surface area contributed by atoms with Crippen molar-refractivity contribution in [3.63, 3.8) is 0 Å². The second-order valence-corrected chi connectivity index (χ2v) is 7.97. The topological polar surface area (TPSA) is 78.5 Å². The molecule has 0 radical (unpaired) electrons. The van der Waals surface area contributed by atoms with Crippen molar-refractivity contribution < 1.29 is 23.2 Å². The summed E-state index contributed by atoms with van der Waals surface area (Å²) in [6.07, 6.45) is 1.14. The molecule has 170 valence electrons. The average Bonchev–Trinajstić information content (AvgIpc) is 2.78. The summed E-state index contributed by atoms with van der Waals surface area (Å²) in [6, 6.07) is 10.2. The first-order valence-corrected chi connectivity index (χ1v) is 10.7. The molecule has 0 saturated carbocycles. The van der Waals surface area contributed by atoms with Crippen molar-refractivity contribution in [1.29, 1.82) is 0 Å². The van der Waals surface area contributed by atoms with Crippen LogP contribution in [0.3, 0.4) is 0 Å². The van der Waals surface area contributed by atoms with Gasteiger partial charge in [-0.25, -0.2) is 8.78 Å². The number of carbonyl (C=O) groups is 3. The van der Waals surface area contributed by atoms with E-state index in [1.54, 1.807) is 11.8 Å². The fourth-order valence-electron chi connectivity index (χ4n) is 3.71. The van der Waals surface area contributed by atoms with Crippen LogP contribution >= 0.6 is 0 Å². The molecule has 0 fully saturated rings. The molecule has 0 bridgehead atoms. The Morgan fingerprint density at radius 1 is 1.03 bits per heavy atom. The zero-order valence-electron chi connectivity index (χ0n) is 18.2. The van der Waals surface area contributed by atoms with Gasteiger partial charge in [-0.05, 0) is 48.6 Å². The molecule has 0 aliphatic carbocycles. The van der Waals surface area contributed by atoms with Gasteiger partial charge in [0.2, 0.25) is 17.7 Å². The molecule has 0 spiro atoms. The van der Waals surface area contributed by atoms with Gasteiger partial charge in [0.15, 0.2) is 0 Å². The van der Waals surface area contributed by atoms with Crippen LogP contribution in [-0.4, -0.2) is 35.2 Å². The molecule has 8 heteroatoms. The van der Waals surface area contributed by atoms with Crippen molar-refractivity contribution in [1.82, 2.24) is 15.5 Å². The third-order valence-electron chi connectivity index (χ3n) is 5.64. The number of hydrogen-bond acceptors (Lipinski definition) is 3. The molecule has 2 aromatic carbocycles. The lowest BCUT2D eigenvalue weighted by Gasteiger charge is -2.32. The van der Waals surface area contributed by atoms with E-state index < -0.39 is 35.4 Å². The summed E-state index contributed by atoms with van der Waals surface area (Å²) in [4.78, 5) is 39.7. The number of nitrogens with one attached hydrogen (secondary N) is 2. The van der Waals surface area contributed by atoms with Crippen LogP contribution in [-0.2, 0) is 33.9 Å².